The zero-order chi connectivity index (χ0) is 21.2. The molecular formula is C24H33ClO4. The fourth-order valence-corrected chi connectivity index (χ4v) is 3.52. The van der Waals surface area contributed by atoms with E-state index in [1.165, 1.54) is 11.1 Å². The fraction of sp³-hybridized carbons (Fsp3) is 0.542. The van der Waals surface area contributed by atoms with Crippen molar-refractivity contribution in [3.8, 4) is 0 Å². The first-order valence-electron chi connectivity index (χ1n) is 10.4. The largest absolute Gasteiger partial charge is 0.472 e. The normalized spacial score (nSPS) is 15.3. The Morgan fingerprint density at radius 2 is 2.07 bits per heavy atom. The van der Waals surface area contributed by atoms with Crippen LogP contribution in [0.4, 0.5) is 0 Å². The molecule has 3 atom stereocenters. The first-order chi connectivity index (χ1) is 13.8. The van der Waals surface area contributed by atoms with Crippen molar-refractivity contribution in [1.82, 2.24) is 0 Å². The second kappa shape index (κ2) is 12.0. The molecule has 4 nitrogen and oxygen atoms in total. The molecule has 2 aromatic rings. The number of hydrogen-bond acceptors (Lipinski definition) is 4. The number of hydrogen-bond donors (Lipinski definition) is 1. The molecule has 0 bridgehead atoms. The molecule has 0 aliphatic carbocycles. The van der Waals surface area contributed by atoms with Crippen LogP contribution in [-0.2, 0) is 17.6 Å². The van der Waals surface area contributed by atoms with E-state index in [4.69, 9.17) is 20.4 Å². The Hall–Kier alpha value is -1.78. The summed E-state index contributed by atoms with van der Waals surface area (Å²) in [5, 5.41) is 9.18. The van der Waals surface area contributed by atoms with E-state index >= 15 is 0 Å². The van der Waals surface area contributed by atoms with Gasteiger partial charge in [0.15, 0.2) is 5.78 Å². The van der Waals surface area contributed by atoms with E-state index in [2.05, 4.69) is 26.0 Å². The van der Waals surface area contributed by atoms with E-state index in [1.807, 2.05) is 12.3 Å². The quantitative estimate of drug-likeness (QED) is 0.314. The van der Waals surface area contributed by atoms with Gasteiger partial charge in [0, 0.05) is 12.8 Å². The van der Waals surface area contributed by atoms with E-state index < -0.39 is 11.5 Å². The summed E-state index contributed by atoms with van der Waals surface area (Å²) >= 11 is 5.79. The smallest absolute Gasteiger partial charge is 0.163 e. The molecule has 2 heterocycles. The lowest BCUT2D eigenvalue weighted by molar-refractivity contribution is -0.127. The molecule has 0 saturated heterocycles. The van der Waals surface area contributed by atoms with E-state index in [0.29, 0.717) is 6.42 Å². The number of aryl methyl sites for hydroxylation is 1. The molecule has 0 spiro atoms. The number of halogens is 1. The number of carbonyl (C=O) groups is 1. The van der Waals surface area contributed by atoms with E-state index in [9.17, 15) is 9.90 Å². The molecule has 0 aromatic carbocycles. The van der Waals surface area contributed by atoms with Crippen molar-refractivity contribution in [3.05, 3.63) is 59.5 Å². The van der Waals surface area contributed by atoms with Crippen LogP contribution in [0, 0.1) is 5.92 Å². The Labute approximate surface area is 178 Å². The number of rotatable bonds is 13. The number of ketones is 1. The lowest BCUT2D eigenvalue weighted by Gasteiger charge is -2.15. The Kier molecular flexibility index (Phi) is 9.75. The maximum atomic E-state index is 11.9. The van der Waals surface area contributed by atoms with Crippen LogP contribution in [0.15, 0.2) is 51.4 Å². The van der Waals surface area contributed by atoms with Gasteiger partial charge in [-0.05, 0) is 75.1 Å². The minimum absolute atomic E-state index is 0.153. The van der Waals surface area contributed by atoms with Crippen molar-refractivity contribution < 1.29 is 18.7 Å². The monoisotopic (exact) mass is 420 g/mol. The average Bonchev–Trinajstić information content (AvgIpc) is 3.33. The standard InChI is InChI=1S/C24H33ClO4/c1-17(6-4-8-18(2)12-23(26)24(27)19(3)25)7-5-9-20-13-22(29-16-20)14-21-10-11-28-15-21/h7,10-11,13,15-16,18-19,24,27H,4-6,8-9,12,14H2,1-3H3/b17-7+. The van der Waals surface area contributed by atoms with Crippen LogP contribution in [0.5, 0.6) is 0 Å². The third-order valence-electron chi connectivity index (χ3n) is 5.17. The second-order valence-corrected chi connectivity index (χ2v) is 8.80. The van der Waals surface area contributed by atoms with Crippen LogP contribution in [0.25, 0.3) is 0 Å². The third kappa shape index (κ3) is 8.63. The number of furan rings is 2. The molecule has 0 amide bonds. The molecule has 29 heavy (non-hydrogen) atoms. The predicted molar refractivity (Wildman–Crippen MR) is 116 cm³/mol. The SMILES string of the molecule is C/C(=C\CCc1coc(Cc2ccoc2)c1)CCCC(C)CC(=O)C(O)C(C)Cl. The zero-order valence-electron chi connectivity index (χ0n) is 17.7. The van der Waals surface area contributed by atoms with Crippen molar-refractivity contribution in [2.24, 2.45) is 5.92 Å². The molecule has 0 aliphatic heterocycles. The summed E-state index contributed by atoms with van der Waals surface area (Å²) in [5.74, 6) is 1.07. The van der Waals surface area contributed by atoms with Gasteiger partial charge in [-0.25, -0.2) is 0 Å². The van der Waals surface area contributed by atoms with Crippen LogP contribution in [0.1, 0.15) is 69.8 Å². The number of aliphatic hydroxyl groups is 1. The first-order valence-corrected chi connectivity index (χ1v) is 10.9. The van der Waals surface area contributed by atoms with Gasteiger partial charge in [0.25, 0.3) is 0 Å². The van der Waals surface area contributed by atoms with Crippen molar-refractivity contribution in [2.45, 2.75) is 77.2 Å². The number of allylic oxidation sites excluding steroid dienone is 2. The van der Waals surface area contributed by atoms with Gasteiger partial charge in [-0.2, -0.15) is 0 Å². The molecule has 0 radical (unpaired) electrons. The fourth-order valence-electron chi connectivity index (χ4n) is 3.38. The highest BCUT2D eigenvalue weighted by atomic mass is 35.5. The Morgan fingerprint density at radius 3 is 2.76 bits per heavy atom. The highest BCUT2D eigenvalue weighted by Gasteiger charge is 2.21. The highest BCUT2D eigenvalue weighted by Crippen LogP contribution is 2.19. The van der Waals surface area contributed by atoms with Gasteiger partial charge in [0.1, 0.15) is 11.9 Å². The number of aliphatic hydroxyl groups excluding tert-OH is 1. The van der Waals surface area contributed by atoms with Gasteiger partial charge in [-0.15, -0.1) is 11.6 Å². The van der Waals surface area contributed by atoms with Crippen LogP contribution >= 0.6 is 11.6 Å². The molecule has 0 saturated carbocycles. The topological polar surface area (TPSA) is 63.6 Å². The van der Waals surface area contributed by atoms with Crippen LogP contribution in [0.3, 0.4) is 0 Å². The van der Waals surface area contributed by atoms with Gasteiger partial charge < -0.3 is 13.9 Å². The maximum absolute atomic E-state index is 11.9. The molecule has 0 fully saturated rings. The minimum atomic E-state index is -1.05. The van der Waals surface area contributed by atoms with E-state index in [0.717, 1.165) is 49.8 Å². The summed E-state index contributed by atoms with van der Waals surface area (Å²) in [4.78, 5) is 11.9. The van der Waals surface area contributed by atoms with Crippen molar-refractivity contribution in [3.63, 3.8) is 0 Å². The van der Waals surface area contributed by atoms with Gasteiger partial charge in [0.05, 0.1) is 24.2 Å². The molecule has 2 rings (SSSR count). The van der Waals surface area contributed by atoms with Gasteiger partial charge in [-0.1, -0.05) is 18.6 Å². The van der Waals surface area contributed by atoms with E-state index in [1.54, 1.807) is 19.5 Å². The summed E-state index contributed by atoms with van der Waals surface area (Å²) < 4.78 is 10.7. The molecule has 2 aromatic heterocycles. The molecule has 0 aliphatic rings. The first kappa shape index (κ1) is 23.5. The third-order valence-corrected chi connectivity index (χ3v) is 5.41. The molecule has 3 unspecified atom stereocenters. The summed E-state index contributed by atoms with van der Waals surface area (Å²) in [7, 11) is 0. The summed E-state index contributed by atoms with van der Waals surface area (Å²) in [6.45, 7) is 5.86. The lowest BCUT2D eigenvalue weighted by atomic mass is 9.94. The summed E-state index contributed by atoms with van der Waals surface area (Å²) in [5.41, 5.74) is 3.70. The summed E-state index contributed by atoms with van der Waals surface area (Å²) in [6, 6.07) is 4.07. The number of alkyl halides is 1. The van der Waals surface area contributed by atoms with Crippen molar-refractivity contribution >= 4 is 17.4 Å². The zero-order valence-corrected chi connectivity index (χ0v) is 18.5. The Bertz CT molecular complexity index is 758. The Morgan fingerprint density at radius 1 is 1.28 bits per heavy atom. The molecule has 160 valence electrons. The maximum Gasteiger partial charge on any atom is 0.163 e. The molecular weight excluding hydrogens is 388 g/mol. The van der Waals surface area contributed by atoms with Crippen LogP contribution in [0.2, 0.25) is 0 Å². The van der Waals surface area contributed by atoms with Gasteiger partial charge in [-0.3, -0.25) is 4.79 Å². The van der Waals surface area contributed by atoms with E-state index in [-0.39, 0.29) is 11.7 Å². The predicted octanol–water partition coefficient (Wildman–Crippen LogP) is 6.10. The van der Waals surface area contributed by atoms with Crippen LogP contribution < -0.4 is 0 Å². The van der Waals surface area contributed by atoms with Crippen LogP contribution in [-0.4, -0.2) is 22.4 Å². The van der Waals surface area contributed by atoms with Crippen molar-refractivity contribution in [1.29, 1.82) is 0 Å². The number of Topliss-reactive ketones (excluding diaryl/α,β-unsaturated/α-hetero) is 1. The van der Waals surface area contributed by atoms with Crippen molar-refractivity contribution in [2.75, 3.05) is 0 Å². The van der Waals surface area contributed by atoms with Gasteiger partial charge in [0.2, 0.25) is 0 Å². The minimum Gasteiger partial charge on any atom is -0.472 e. The van der Waals surface area contributed by atoms with Gasteiger partial charge >= 0.3 is 0 Å². The lowest BCUT2D eigenvalue weighted by Crippen LogP contribution is -2.29. The molecule has 1 N–H and O–H groups in total. The molecule has 5 heteroatoms. The average molecular weight is 421 g/mol. The highest BCUT2D eigenvalue weighted by molar-refractivity contribution is 6.22. The number of carbonyl (C=O) groups excluding carboxylic acids is 1. The Balaban J connectivity index is 1.63. The second-order valence-electron chi connectivity index (χ2n) is 8.11. The summed E-state index contributed by atoms with van der Waals surface area (Å²) in [6.07, 6.45) is 12.6.